The highest BCUT2D eigenvalue weighted by molar-refractivity contribution is 5.99. The lowest BCUT2D eigenvalue weighted by atomic mass is 10.2. The highest BCUT2D eigenvalue weighted by atomic mass is 16.7. The molecule has 0 aliphatic carbocycles. The summed E-state index contributed by atoms with van der Waals surface area (Å²) in [6.07, 6.45) is 0. The predicted molar refractivity (Wildman–Crippen MR) is 34.1 cm³/mol. The SMILES string of the molecule is c1ccc(C2=NO2)cc1. The van der Waals surface area contributed by atoms with Gasteiger partial charge in [-0.05, 0) is 17.3 Å². The fourth-order valence-corrected chi connectivity index (χ4v) is 0.709. The largest absolute Gasteiger partial charge is 0.329 e. The molecule has 0 aromatic heterocycles. The minimum Gasteiger partial charge on any atom is -0.329 e. The first-order chi connectivity index (χ1) is 4.47. The molecule has 1 heterocycles. The van der Waals surface area contributed by atoms with Gasteiger partial charge in [0.1, 0.15) is 0 Å². The lowest BCUT2D eigenvalue weighted by molar-refractivity contribution is 0.469. The number of rotatable bonds is 1. The summed E-state index contributed by atoms with van der Waals surface area (Å²) in [6, 6.07) is 9.81. The quantitative estimate of drug-likeness (QED) is 0.548. The molecule has 0 unspecified atom stereocenters. The summed E-state index contributed by atoms with van der Waals surface area (Å²) < 4.78 is 0. The molecule has 0 N–H and O–H groups in total. The minimum atomic E-state index is 0.746. The zero-order chi connectivity index (χ0) is 6.10. The summed E-state index contributed by atoms with van der Waals surface area (Å²) in [4.78, 5) is 4.64. The zero-order valence-corrected chi connectivity index (χ0v) is 4.74. The van der Waals surface area contributed by atoms with E-state index in [1.165, 1.54) is 0 Å². The average Bonchev–Trinajstić information content (AvgIpc) is 2.71. The summed E-state index contributed by atoms with van der Waals surface area (Å²) in [5, 5.41) is 3.59. The summed E-state index contributed by atoms with van der Waals surface area (Å²) in [7, 11) is 0. The van der Waals surface area contributed by atoms with Crippen LogP contribution in [0.4, 0.5) is 0 Å². The summed E-state index contributed by atoms with van der Waals surface area (Å²) in [6.45, 7) is 0. The minimum absolute atomic E-state index is 0.746. The number of hydrogen-bond acceptors (Lipinski definition) is 2. The van der Waals surface area contributed by atoms with Gasteiger partial charge in [0.25, 0.3) is 5.90 Å². The third kappa shape index (κ3) is 0.785. The molecule has 1 aromatic rings. The van der Waals surface area contributed by atoms with Gasteiger partial charge < -0.3 is 4.84 Å². The van der Waals surface area contributed by atoms with Crippen LogP contribution in [-0.4, -0.2) is 5.90 Å². The van der Waals surface area contributed by atoms with Gasteiger partial charge in [0, 0.05) is 5.56 Å². The first kappa shape index (κ1) is 4.56. The maximum Gasteiger partial charge on any atom is 0.291 e. The molecule has 0 spiro atoms. The van der Waals surface area contributed by atoms with E-state index in [4.69, 9.17) is 0 Å². The first-order valence-electron chi connectivity index (χ1n) is 2.77. The molecule has 1 aromatic carbocycles. The summed E-state index contributed by atoms with van der Waals surface area (Å²) in [5.74, 6) is 0.746. The van der Waals surface area contributed by atoms with Gasteiger partial charge in [0.15, 0.2) is 0 Å². The Hall–Kier alpha value is -1.31. The molecule has 0 saturated heterocycles. The van der Waals surface area contributed by atoms with E-state index in [1.54, 1.807) is 0 Å². The molecule has 0 saturated carbocycles. The van der Waals surface area contributed by atoms with Crippen molar-refractivity contribution in [2.24, 2.45) is 5.16 Å². The molecule has 0 amide bonds. The van der Waals surface area contributed by atoms with Crippen molar-refractivity contribution >= 4 is 5.90 Å². The smallest absolute Gasteiger partial charge is 0.291 e. The van der Waals surface area contributed by atoms with Crippen molar-refractivity contribution in [3.63, 3.8) is 0 Å². The van der Waals surface area contributed by atoms with Crippen LogP contribution in [0.2, 0.25) is 0 Å². The van der Waals surface area contributed by atoms with Gasteiger partial charge >= 0.3 is 0 Å². The van der Waals surface area contributed by atoms with Gasteiger partial charge in [-0.15, -0.1) is 0 Å². The van der Waals surface area contributed by atoms with E-state index in [-0.39, 0.29) is 0 Å². The van der Waals surface area contributed by atoms with Crippen molar-refractivity contribution < 1.29 is 4.84 Å². The molecule has 0 bridgehead atoms. The molecule has 0 radical (unpaired) electrons. The topological polar surface area (TPSA) is 24.9 Å². The van der Waals surface area contributed by atoms with Crippen LogP contribution in [0.5, 0.6) is 0 Å². The van der Waals surface area contributed by atoms with Crippen molar-refractivity contribution in [3.05, 3.63) is 35.9 Å². The Morgan fingerprint density at radius 1 is 1.11 bits per heavy atom. The van der Waals surface area contributed by atoms with Crippen molar-refractivity contribution in [2.75, 3.05) is 0 Å². The van der Waals surface area contributed by atoms with Crippen molar-refractivity contribution in [3.8, 4) is 0 Å². The van der Waals surface area contributed by atoms with Crippen LogP contribution in [0.1, 0.15) is 5.56 Å². The van der Waals surface area contributed by atoms with E-state index < -0.39 is 0 Å². The molecule has 2 rings (SSSR count). The first-order valence-corrected chi connectivity index (χ1v) is 2.77. The van der Waals surface area contributed by atoms with E-state index in [0.717, 1.165) is 11.5 Å². The van der Waals surface area contributed by atoms with Crippen LogP contribution < -0.4 is 0 Å². The number of benzene rings is 1. The van der Waals surface area contributed by atoms with Crippen LogP contribution in [-0.2, 0) is 4.84 Å². The second kappa shape index (κ2) is 1.58. The second-order valence-electron chi connectivity index (χ2n) is 1.85. The van der Waals surface area contributed by atoms with Crippen LogP contribution in [0.15, 0.2) is 35.5 Å². The van der Waals surface area contributed by atoms with E-state index in [2.05, 4.69) is 9.99 Å². The lowest BCUT2D eigenvalue weighted by Gasteiger charge is -1.83. The Morgan fingerprint density at radius 3 is 2.33 bits per heavy atom. The standard InChI is InChI=1S/C7H5NO/c1-2-4-6(5-3-1)7-8-9-7/h1-5H. The molecular weight excluding hydrogens is 114 g/mol. The Labute approximate surface area is 52.8 Å². The van der Waals surface area contributed by atoms with Crippen LogP contribution in [0, 0.1) is 0 Å². The number of oxime groups is 1. The van der Waals surface area contributed by atoms with E-state index in [1.807, 2.05) is 30.3 Å². The number of nitrogens with zero attached hydrogens (tertiary/aromatic N) is 1. The van der Waals surface area contributed by atoms with Crippen LogP contribution >= 0.6 is 0 Å². The summed E-state index contributed by atoms with van der Waals surface area (Å²) >= 11 is 0. The molecule has 1 aliphatic rings. The maximum absolute atomic E-state index is 4.64. The van der Waals surface area contributed by atoms with E-state index in [9.17, 15) is 0 Å². The van der Waals surface area contributed by atoms with Crippen molar-refractivity contribution in [2.45, 2.75) is 0 Å². The Bertz CT molecular complexity index is 240. The van der Waals surface area contributed by atoms with Crippen LogP contribution in [0.3, 0.4) is 0 Å². The fourth-order valence-electron chi connectivity index (χ4n) is 0.709. The van der Waals surface area contributed by atoms with Gasteiger partial charge in [-0.1, -0.05) is 18.2 Å². The molecule has 2 heteroatoms. The van der Waals surface area contributed by atoms with Gasteiger partial charge in [0.2, 0.25) is 0 Å². The predicted octanol–water partition coefficient (Wildman–Crippen LogP) is 1.38. The zero-order valence-electron chi connectivity index (χ0n) is 4.74. The molecule has 0 atom stereocenters. The van der Waals surface area contributed by atoms with Crippen molar-refractivity contribution in [1.29, 1.82) is 0 Å². The van der Waals surface area contributed by atoms with Crippen LogP contribution in [0.25, 0.3) is 0 Å². The van der Waals surface area contributed by atoms with Gasteiger partial charge in [-0.3, -0.25) is 0 Å². The Kier molecular flexibility index (Phi) is 0.803. The second-order valence-corrected chi connectivity index (χ2v) is 1.85. The van der Waals surface area contributed by atoms with E-state index in [0.29, 0.717) is 0 Å². The average molecular weight is 119 g/mol. The van der Waals surface area contributed by atoms with Gasteiger partial charge in [-0.25, -0.2) is 0 Å². The fraction of sp³-hybridized carbons (Fsp3) is 0. The highest BCUT2D eigenvalue weighted by Crippen LogP contribution is 2.10. The van der Waals surface area contributed by atoms with Gasteiger partial charge in [0.05, 0.1) is 0 Å². The molecule has 2 nitrogen and oxygen atoms in total. The molecule has 1 aliphatic heterocycles. The third-order valence-corrected chi connectivity index (χ3v) is 1.20. The molecule has 9 heavy (non-hydrogen) atoms. The Morgan fingerprint density at radius 2 is 1.78 bits per heavy atom. The maximum atomic E-state index is 4.64. The summed E-state index contributed by atoms with van der Waals surface area (Å²) in [5.41, 5.74) is 1.05. The Balaban J connectivity index is 2.40. The monoisotopic (exact) mass is 119 g/mol. The molecular formula is C7H5NO. The normalized spacial score (nSPS) is 14.0. The molecule has 44 valence electrons. The highest BCUT2D eigenvalue weighted by Gasteiger charge is 2.14. The van der Waals surface area contributed by atoms with Crippen molar-refractivity contribution in [1.82, 2.24) is 0 Å². The molecule has 0 fully saturated rings. The number of hydrogen-bond donors (Lipinski definition) is 0. The third-order valence-electron chi connectivity index (χ3n) is 1.20. The van der Waals surface area contributed by atoms with Gasteiger partial charge in [-0.2, -0.15) is 0 Å². The van der Waals surface area contributed by atoms with E-state index >= 15 is 0 Å². The lowest BCUT2D eigenvalue weighted by Crippen LogP contribution is -1.82.